The molecule has 5 rings (SSSR count). The summed E-state index contributed by atoms with van der Waals surface area (Å²) in [6.45, 7) is 7.26. The van der Waals surface area contributed by atoms with Crippen molar-refractivity contribution in [1.29, 1.82) is 0 Å². The lowest BCUT2D eigenvalue weighted by Gasteiger charge is -2.37. The van der Waals surface area contributed by atoms with Gasteiger partial charge in [-0.1, -0.05) is 54.2 Å². The number of carbonyl (C=O) groups excluding carboxylic acids is 3. The molecule has 1 amide bonds. The molecule has 0 N–H and O–H groups in total. The number of hydrogen-bond acceptors (Lipinski definition) is 9. The van der Waals surface area contributed by atoms with Gasteiger partial charge in [0.05, 0.1) is 42.9 Å². The molecule has 3 heterocycles. The van der Waals surface area contributed by atoms with Gasteiger partial charge in [0.25, 0.3) is 0 Å². The van der Waals surface area contributed by atoms with E-state index in [1.807, 2.05) is 71.8 Å². The van der Waals surface area contributed by atoms with Gasteiger partial charge in [-0.3, -0.25) is 9.59 Å². The number of rotatable bonds is 10. The van der Waals surface area contributed by atoms with E-state index in [4.69, 9.17) is 19.2 Å². The fraction of sp³-hybridized carbons (Fsp3) is 0.394. The van der Waals surface area contributed by atoms with Gasteiger partial charge in [-0.05, 0) is 62.3 Å². The molecule has 9 nitrogen and oxygen atoms in total. The summed E-state index contributed by atoms with van der Waals surface area (Å²) in [6, 6.07) is 17.0. The molecule has 2 aromatic rings. The molecule has 0 saturated carbocycles. The van der Waals surface area contributed by atoms with Crippen molar-refractivity contribution in [1.82, 2.24) is 9.80 Å². The number of benzene rings is 2. The molecular formula is C33H37N3O6S. The zero-order chi connectivity index (χ0) is 30.3. The SMILES string of the molecule is CCOC(=O)C1=C(C)N=C2SC=C(CC(=O)N3CCC[C@H](C(=O)OCC)C3)N2[C@H]1c1cccc(OCc2ccccc2)c1. The Morgan fingerprint density at radius 1 is 1.02 bits per heavy atom. The van der Waals surface area contributed by atoms with Crippen LogP contribution in [-0.2, 0) is 30.5 Å². The van der Waals surface area contributed by atoms with Gasteiger partial charge in [0.1, 0.15) is 12.4 Å². The molecule has 0 aliphatic carbocycles. The first-order valence-corrected chi connectivity index (χ1v) is 15.6. The van der Waals surface area contributed by atoms with Crippen LogP contribution < -0.4 is 4.74 Å². The van der Waals surface area contributed by atoms with Gasteiger partial charge >= 0.3 is 11.9 Å². The third-order valence-electron chi connectivity index (χ3n) is 7.64. The van der Waals surface area contributed by atoms with Gasteiger partial charge in [0, 0.05) is 18.8 Å². The van der Waals surface area contributed by atoms with Crippen molar-refractivity contribution < 1.29 is 28.6 Å². The highest BCUT2D eigenvalue weighted by atomic mass is 32.2. The standard InChI is InChI=1S/C33H37N3O6S/c1-4-40-31(38)25-14-10-16-35(19-25)28(37)18-26-21-43-33-34-22(3)29(32(39)41-5-2)30(36(26)33)24-13-9-15-27(17-24)42-20-23-11-7-6-8-12-23/h6-9,11-13,15,17,21,25,30H,4-5,10,14,16,18-20H2,1-3H3/t25-,30-/m0/s1. The molecule has 0 bridgehead atoms. The molecule has 10 heteroatoms. The average molecular weight is 604 g/mol. The number of likely N-dealkylation sites (tertiary alicyclic amines) is 1. The Labute approximate surface area is 256 Å². The summed E-state index contributed by atoms with van der Waals surface area (Å²) >= 11 is 1.43. The number of aliphatic imine (C=N–C) groups is 1. The van der Waals surface area contributed by atoms with E-state index in [-0.39, 0.29) is 30.8 Å². The smallest absolute Gasteiger partial charge is 0.338 e. The van der Waals surface area contributed by atoms with Gasteiger partial charge in [0.15, 0.2) is 5.17 Å². The minimum atomic E-state index is -0.561. The molecule has 43 heavy (non-hydrogen) atoms. The first kappa shape index (κ1) is 30.4. The first-order chi connectivity index (χ1) is 20.9. The monoisotopic (exact) mass is 603 g/mol. The number of nitrogens with zero attached hydrogens (tertiary/aromatic N) is 3. The fourth-order valence-electron chi connectivity index (χ4n) is 5.59. The van der Waals surface area contributed by atoms with Crippen LogP contribution in [0.1, 0.15) is 57.2 Å². The first-order valence-electron chi connectivity index (χ1n) is 14.7. The molecule has 3 aliphatic heterocycles. The molecule has 1 fully saturated rings. The molecule has 226 valence electrons. The Morgan fingerprint density at radius 2 is 1.81 bits per heavy atom. The molecule has 2 aromatic carbocycles. The number of hydrogen-bond donors (Lipinski definition) is 0. The van der Waals surface area contributed by atoms with Crippen LogP contribution in [0.3, 0.4) is 0 Å². The normalized spacial score (nSPS) is 19.8. The van der Waals surface area contributed by atoms with Crippen LogP contribution in [0.25, 0.3) is 0 Å². The Balaban J connectivity index is 1.41. The zero-order valence-electron chi connectivity index (χ0n) is 24.8. The lowest BCUT2D eigenvalue weighted by molar-refractivity contribution is -0.151. The molecule has 0 spiro atoms. The number of ether oxygens (including phenoxy) is 3. The van der Waals surface area contributed by atoms with Crippen LogP contribution in [0.2, 0.25) is 0 Å². The molecule has 0 radical (unpaired) electrons. The van der Waals surface area contributed by atoms with Gasteiger partial charge in [-0.15, -0.1) is 0 Å². The summed E-state index contributed by atoms with van der Waals surface area (Å²) in [6.07, 6.45) is 1.56. The highest BCUT2D eigenvalue weighted by Crippen LogP contribution is 2.45. The molecule has 1 saturated heterocycles. The van der Waals surface area contributed by atoms with Crippen molar-refractivity contribution in [2.24, 2.45) is 10.9 Å². The van der Waals surface area contributed by atoms with Crippen LogP contribution in [-0.4, -0.2) is 59.1 Å². The van der Waals surface area contributed by atoms with E-state index in [0.29, 0.717) is 54.9 Å². The Bertz CT molecular complexity index is 1450. The minimum absolute atomic E-state index is 0.0789. The van der Waals surface area contributed by atoms with Crippen molar-refractivity contribution in [3.05, 3.63) is 88.1 Å². The van der Waals surface area contributed by atoms with Gasteiger partial charge < -0.3 is 24.0 Å². The van der Waals surface area contributed by atoms with E-state index in [1.165, 1.54) is 11.8 Å². The van der Waals surface area contributed by atoms with Crippen molar-refractivity contribution in [3.8, 4) is 5.75 Å². The predicted octanol–water partition coefficient (Wildman–Crippen LogP) is 5.60. The summed E-state index contributed by atoms with van der Waals surface area (Å²) in [4.78, 5) is 47.8. The van der Waals surface area contributed by atoms with Crippen LogP contribution in [0, 0.1) is 5.92 Å². The second kappa shape index (κ2) is 13.9. The Kier molecular flexibility index (Phi) is 9.86. The molecular weight excluding hydrogens is 566 g/mol. The van der Waals surface area contributed by atoms with Crippen molar-refractivity contribution in [2.75, 3.05) is 26.3 Å². The zero-order valence-corrected chi connectivity index (χ0v) is 25.6. The third kappa shape index (κ3) is 6.96. The van der Waals surface area contributed by atoms with E-state index in [2.05, 4.69) is 0 Å². The summed E-state index contributed by atoms with van der Waals surface area (Å²) < 4.78 is 16.8. The largest absolute Gasteiger partial charge is 0.489 e. The van der Waals surface area contributed by atoms with E-state index in [9.17, 15) is 14.4 Å². The maximum atomic E-state index is 13.6. The third-order valence-corrected chi connectivity index (χ3v) is 8.53. The summed E-state index contributed by atoms with van der Waals surface area (Å²) in [5, 5.41) is 2.62. The fourth-order valence-corrected chi connectivity index (χ4v) is 6.56. The second-order valence-electron chi connectivity index (χ2n) is 10.6. The number of carbonyl (C=O) groups is 3. The number of allylic oxidation sites excluding steroid dienone is 1. The lowest BCUT2D eigenvalue weighted by Crippen LogP contribution is -2.44. The summed E-state index contributed by atoms with van der Waals surface area (Å²) in [5.74, 6) is -0.429. The number of amides is 1. The quantitative estimate of drug-likeness (QED) is 0.324. The summed E-state index contributed by atoms with van der Waals surface area (Å²) in [7, 11) is 0. The molecule has 3 aliphatic rings. The van der Waals surface area contributed by atoms with E-state index in [1.54, 1.807) is 18.7 Å². The number of amidine groups is 1. The highest BCUT2D eigenvalue weighted by Gasteiger charge is 2.42. The number of thioether (sulfide) groups is 1. The van der Waals surface area contributed by atoms with Crippen LogP contribution in [0.5, 0.6) is 5.75 Å². The average Bonchev–Trinajstić information content (AvgIpc) is 3.41. The summed E-state index contributed by atoms with van der Waals surface area (Å²) in [5.41, 5.74) is 3.60. The van der Waals surface area contributed by atoms with E-state index < -0.39 is 12.0 Å². The van der Waals surface area contributed by atoms with Crippen molar-refractivity contribution >= 4 is 34.8 Å². The predicted molar refractivity (Wildman–Crippen MR) is 165 cm³/mol. The molecule has 2 atom stereocenters. The van der Waals surface area contributed by atoms with Crippen LogP contribution >= 0.6 is 11.8 Å². The maximum Gasteiger partial charge on any atom is 0.338 e. The number of piperidine rings is 1. The van der Waals surface area contributed by atoms with Gasteiger partial charge in [-0.2, -0.15) is 0 Å². The van der Waals surface area contributed by atoms with E-state index >= 15 is 0 Å². The van der Waals surface area contributed by atoms with Crippen LogP contribution in [0.15, 0.2) is 82.0 Å². The van der Waals surface area contributed by atoms with Gasteiger partial charge in [0.2, 0.25) is 5.91 Å². The maximum absolute atomic E-state index is 13.6. The second-order valence-corrected chi connectivity index (χ2v) is 11.4. The number of esters is 2. The topological polar surface area (TPSA) is 97.7 Å². The molecule has 0 aromatic heterocycles. The highest BCUT2D eigenvalue weighted by molar-refractivity contribution is 8.16. The Morgan fingerprint density at radius 3 is 2.58 bits per heavy atom. The van der Waals surface area contributed by atoms with Gasteiger partial charge in [-0.25, -0.2) is 9.79 Å². The minimum Gasteiger partial charge on any atom is -0.489 e. The number of fused-ring (bicyclic) bond motifs is 1. The molecule has 0 unspecified atom stereocenters. The van der Waals surface area contributed by atoms with E-state index in [0.717, 1.165) is 23.2 Å². The Hall–Kier alpha value is -4.05. The van der Waals surface area contributed by atoms with Crippen molar-refractivity contribution in [3.63, 3.8) is 0 Å². The lowest BCUT2D eigenvalue weighted by atomic mass is 9.93. The van der Waals surface area contributed by atoms with Crippen molar-refractivity contribution in [2.45, 2.75) is 52.7 Å². The van der Waals surface area contributed by atoms with Crippen LogP contribution in [0.4, 0.5) is 0 Å².